The van der Waals surface area contributed by atoms with Gasteiger partial charge in [0.25, 0.3) is 5.91 Å². The van der Waals surface area contributed by atoms with E-state index in [1.807, 2.05) is 5.32 Å². The van der Waals surface area contributed by atoms with Crippen molar-refractivity contribution in [2.75, 3.05) is 14.2 Å². The number of halogens is 2. The minimum atomic E-state index is -2.86. The lowest BCUT2D eigenvalue weighted by molar-refractivity contribution is -0.140. The average molecular weight is 303 g/mol. The number of alkyl halides is 2. The summed E-state index contributed by atoms with van der Waals surface area (Å²) in [5.41, 5.74) is -0.0528. The van der Waals surface area contributed by atoms with E-state index in [1.54, 1.807) is 6.07 Å². The van der Waals surface area contributed by atoms with E-state index < -0.39 is 30.8 Å². The second kappa shape index (κ2) is 7.41. The number of ether oxygens (including phenoxy) is 2. The van der Waals surface area contributed by atoms with E-state index in [0.717, 1.165) is 0 Å². The molecule has 2 N–H and O–H groups in total. The van der Waals surface area contributed by atoms with Gasteiger partial charge in [0.05, 0.1) is 14.2 Å². The van der Waals surface area contributed by atoms with Gasteiger partial charge in [0.2, 0.25) is 6.43 Å². The predicted molar refractivity (Wildman–Crippen MR) is 69.1 cm³/mol. The maximum atomic E-state index is 12.3. The number of carbonyl (C=O) groups excluding carboxylic acids is 1. The number of carboxylic acid groups (broad SMARTS) is 1. The van der Waals surface area contributed by atoms with Crippen LogP contribution < -0.4 is 14.8 Å². The zero-order valence-electron chi connectivity index (χ0n) is 11.4. The van der Waals surface area contributed by atoms with Crippen molar-refractivity contribution >= 4 is 11.9 Å². The lowest BCUT2D eigenvalue weighted by Gasteiger charge is -2.17. The summed E-state index contributed by atoms with van der Waals surface area (Å²) in [6.07, 6.45) is -3.84. The first-order valence-electron chi connectivity index (χ1n) is 5.93. The highest BCUT2D eigenvalue weighted by atomic mass is 19.3. The Hall–Kier alpha value is -2.38. The zero-order valence-corrected chi connectivity index (χ0v) is 11.4. The van der Waals surface area contributed by atoms with Gasteiger partial charge in [0.15, 0.2) is 0 Å². The maximum absolute atomic E-state index is 12.3. The number of benzene rings is 1. The minimum Gasteiger partial charge on any atom is -0.496 e. The standard InChI is InChI=1S/C13H15F2NO5/c1-20-8-4-3-5-9(21-2)11(8)12(17)16-7(13(18)19)6-10(14)15/h3-5,7,10H,6H2,1-2H3,(H,16,17)(H,18,19). The first-order valence-corrected chi connectivity index (χ1v) is 5.93. The molecule has 21 heavy (non-hydrogen) atoms. The van der Waals surface area contributed by atoms with Crippen LogP contribution in [0.1, 0.15) is 16.8 Å². The quantitative estimate of drug-likeness (QED) is 0.798. The Balaban J connectivity index is 3.04. The van der Waals surface area contributed by atoms with E-state index in [4.69, 9.17) is 14.6 Å². The normalized spacial score (nSPS) is 11.9. The van der Waals surface area contributed by atoms with Crippen LogP contribution in [0.15, 0.2) is 18.2 Å². The summed E-state index contributed by atoms with van der Waals surface area (Å²) in [5, 5.41) is 10.9. The first kappa shape index (κ1) is 16.7. The molecule has 0 heterocycles. The van der Waals surface area contributed by atoms with Crippen LogP contribution in [-0.4, -0.2) is 43.7 Å². The predicted octanol–water partition coefficient (Wildman–Crippen LogP) is 1.54. The summed E-state index contributed by atoms with van der Waals surface area (Å²) >= 11 is 0. The molecule has 0 fully saturated rings. The summed E-state index contributed by atoms with van der Waals surface area (Å²) in [6.45, 7) is 0. The van der Waals surface area contributed by atoms with Crippen molar-refractivity contribution in [1.29, 1.82) is 0 Å². The highest BCUT2D eigenvalue weighted by Gasteiger charge is 2.27. The number of aliphatic carboxylic acids is 1. The van der Waals surface area contributed by atoms with Gasteiger partial charge >= 0.3 is 5.97 Å². The Kier molecular flexibility index (Phi) is 5.89. The van der Waals surface area contributed by atoms with E-state index in [2.05, 4.69) is 0 Å². The number of carboxylic acids is 1. The Morgan fingerprint density at radius 3 is 2.14 bits per heavy atom. The lowest BCUT2D eigenvalue weighted by atomic mass is 10.1. The molecule has 1 aromatic rings. The molecule has 0 aliphatic rings. The van der Waals surface area contributed by atoms with Gasteiger partial charge in [-0.25, -0.2) is 13.6 Å². The smallest absolute Gasteiger partial charge is 0.326 e. The highest BCUT2D eigenvalue weighted by molar-refractivity contribution is 6.01. The number of amides is 1. The first-order chi connectivity index (χ1) is 9.90. The molecule has 116 valence electrons. The molecule has 8 heteroatoms. The van der Waals surface area contributed by atoms with E-state index in [1.165, 1.54) is 26.4 Å². The Bertz CT molecular complexity index is 499. The third-order valence-electron chi connectivity index (χ3n) is 2.67. The second-order valence-corrected chi connectivity index (χ2v) is 4.03. The van der Waals surface area contributed by atoms with E-state index in [0.29, 0.717) is 0 Å². The monoisotopic (exact) mass is 303 g/mol. The van der Waals surface area contributed by atoms with Crippen LogP contribution in [0.2, 0.25) is 0 Å². The van der Waals surface area contributed by atoms with Crippen LogP contribution in [0.3, 0.4) is 0 Å². The molecule has 0 spiro atoms. The Labute approximate surface area is 119 Å². The number of carbonyl (C=O) groups is 2. The fraction of sp³-hybridized carbons (Fsp3) is 0.385. The van der Waals surface area contributed by atoms with E-state index in [-0.39, 0.29) is 17.1 Å². The minimum absolute atomic E-state index is 0.0528. The van der Waals surface area contributed by atoms with Crippen LogP contribution in [0, 0.1) is 0 Å². The van der Waals surface area contributed by atoms with Crippen LogP contribution >= 0.6 is 0 Å². The number of hydrogen-bond donors (Lipinski definition) is 2. The third kappa shape index (κ3) is 4.30. The summed E-state index contributed by atoms with van der Waals surface area (Å²) in [4.78, 5) is 23.0. The van der Waals surface area contributed by atoms with Gasteiger partial charge in [0, 0.05) is 6.42 Å². The zero-order chi connectivity index (χ0) is 16.0. The molecule has 1 atom stereocenters. The molecular weight excluding hydrogens is 288 g/mol. The van der Waals surface area contributed by atoms with Crippen LogP contribution in [0.4, 0.5) is 8.78 Å². The van der Waals surface area contributed by atoms with E-state index in [9.17, 15) is 18.4 Å². The molecular formula is C13H15F2NO5. The van der Waals surface area contributed by atoms with Gasteiger partial charge in [-0.1, -0.05) is 6.07 Å². The van der Waals surface area contributed by atoms with Crippen molar-refractivity contribution in [3.63, 3.8) is 0 Å². The van der Waals surface area contributed by atoms with Crippen LogP contribution in [0.25, 0.3) is 0 Å². The molecule has 0 aliphatic heterocycles. The van der Waals surface area contributed by atoms with Gasteiger partial charge < -0.3 is 19.9 Å². The molecule has 1 rings (SSSR count). The van der Waals surface area contributed by atoms with Crippen molar-refractivity contribution in [1.82, 2.24) is 5.32 Å². The summed E-state index contributed by atoms with van der Waals surface area (Å²) in [7, 11) is 2.64. The molecule has 0 bridgehead atoms. The fourth-order valence-electron chi connectivity index (χ4n) is 1.71. The molecule has 1 unspecified atom stereocenters. The number of methoxy groups -OCH3 is 2. The van der Waals surface area contributed by atoms with Crippen molar-refractivity contribution in [2.45, 2.75) is 18.9 Å². The Morgan fingerprint density at radius 2 is 1.76 bits per heavy atom. The molecule has 0 aromatic heterocycles. The molecule has 0 aliphatic carbocycles. The highest BCUT2D eigenvalue weighted by Crippen LogP contribution is 2.28. The summed E-state index contributed by atoms with van der Waals surface area (Å²) in [5.74, 6) is -2.11. The van der Waals surface area contributed by atoms with Gasteiger partial charge in [-0.3, -0.25) is 4.79 Å². The molecule has 0 saturated heterocycles. The van der Waals surface area contributed by atoms with Crippen molar-refractivity contribution < 1.29 is 33.0 Å². The number of hydrogen-bond acceptors (Lipinski definition) is 4. The number of nitrogens with one attached hydrogen (secondary N) is 1. The van der Waals surface area contributed by atoms with Crippen molar-refractivity contribution in [3.05, 3.63) is 23.8 Å². The summed E-state index contributed by atoms with van der Waals surface area (Å²) in [6, 6.07) is 2.82. The SMILES string of the molecule is COc1cccc(OC)c1C(=O)NC(CC(F)F)C(=O)O. The molecule has 1 amide bonds. The van der Waals surface area contributed by atoms with Crippen LogP contribution in [0.5, 0.6) is 11.5 Å². The van der Waals surface area contributed by atoms with Crippen molar-refractivity contribution in [3.8, 4) is 11.5 Å². The average Bonchev–Trinajstić information content (AvgIpc) is 2.44. The molecule has 6 nitrogen and oxygen atoms in total. The topological polar surface area (TPSA) is 84.9 Å². The van der Waals surface area contributed by atoms with Gasteiger partial charge in [0.1, 0.15) is 23.1 Å². The largest absolute Gasteiger partial charge is 0.496 e. The maximum Gasteiger partial charge on any atom is 0.326 e. The fourth-order valence-corrected chi connectivity index (χ4v) is 1.71. The molecule has 0 radical (unpaired) electrons. The van der Waals surface area contributed by atoms with Gasteiger partial charge in [-0.15, -0.1) is 0 Å². The third-order valence-corrected chi connectivity index (χ3v) is 2.67. The van der Waals surface area contributed by atoms with Crippen molar-refractivity contribution in [2.24, 2.45) is 0 Å². The second-order valence-electron chi connectivity index (χ2n) is 4.03. The number of rotatable bonds is 7. The molecule has 1 aromatic carbocycles. The summed E-state index contributed by atoms with van der Waals surface area (Å²) < 4.78 is 34.6. The Morgan fingerprint density at radius 1 is 1.24 bits per heavy atom. The van der Waals surface area contributed by atoms with E-state index >= 15 is 0 Å². The van der Waals surface area contributed by atoms with Gasteiger partial charge in [-0.2, -0.15) is 0 Å². The van der Waals surface area contributed by atoms with Crippen LogP contribution in [-0.2, 0) is 4.79 Å². The lowest BCUT2D eigenvalue weighted by Crippen LogP contribution is -2.42. The van der Waals surface area contributed by atoms with Gasteiger partial charge in [-0.05, 0) is 12.1 Å². The molecule has 0 saturated carbocycles.